The van der Waals surface area contributed by atoms with E-state index in [0.717, 1.165) is 0 Å². The van der Waals surface area contributed by atoms with E-state index in [9.17, 15) is 4.79 Å². The lowest BCUT2D eigenvalue weighted by molar-refractivity contribution is -0.131. The van der Waals surface area contributed by atoms with Gasteiger partial charge in [-0.15, -0.1) is 0 Å². The maximum atomic E-state index is 11.6. The molecular formula is C11H21NO2. The summed E-state index contributed by atoms with van der Waals surface area (Å²) in [7, 11) is 0. The van der Waals surface area contributed by atoms with E-state index >= 15 is 0 Å². The molecule has 1 saturated heterocycles. The van der Waals surface area contributed by atoms with Gasteiger partial charge in [-0.3, -0.25) is 4.79 Å². The van der Waals surface area contributed by atoms with Crippen LogP contribution < -0.4 is 0 Å². The van der Waals surface area contributed by atoms with Crippen LogP contribution in [0.3, 0.4) is 0 Å². The zero-order valence-corrected chi connectivity index (χ0v) is 9.58. The van der Waals surface area contributed by atoms with Crippen LogP contribution in [0.2, 0.25) is 0 Å². The van der Waals surface area contributed by atoms with E-state index in [1.807, 2.05) is 4.90 Å². The number of carbonyl (C=O) groups excluding carboxylic acids is 1. The fraction of sp³-hybridized carbons (Fsp3) is 0.909. The molecule has 1 amide bonds. The molecule has 2 atom stereocenters. The molecule has 0 radical (unpaired) electrons. The SMILES string of the molecule is CC(N1CC(CO)CC1=O)C(C)(C)C. The van der Waals surface area contributed by atoms with Crippen LogP contribution in [0.5, 0.6) is 0 Å². The fourth-order valence-electron chi connectivity index (χ4n) is 1.77. The molecule has 0 aromatic heterocycles. The Bertz CT molecular complexity index is 220. The van der Waals surface area contributed by atoms with E-state index < -0.39 is 0 Å². The van der Waals surface area contributed by atoms with Gasteiger partial charge in [-0.1, -0.05) is 20.8 Å². The minimum atomic E-state index is 0.111. The van der Waals surface area contributed by atoms with E-state index in [0.29, 0.717) is 13.0 Å². The molecule has 14 heavy (non-hydrogen) atoms. The molecule has 0 bridgehead atoms. The fourth-order valence-corrected chi connectivity index (χ4v) is 1.77. The third-order valence-electron chi connectivity index (χ3n) is 3.22. The second kappa shape index (κ2) is 3.89. The Morgan fingerprint density at radius 1 is 1.57 bits per heavy atom. The minimum Gasteiger partial charge on any atom is -0.396 e. The Hall–Kier alpha value is -0.570. The van der Waals surface area contributed by atoms with E-state index in [1.54, 1.807) is 0 Å². The highest BCUT2D eigenvalue weighted by molar-refractivity contribution is 5.79. The molecule has 0 aromatic carbocycles. The number of likely N-dealkylation sites (tertiary alicyclic amines) is 1. The summed E-state index contributed by atoms with van der Waals surface area (Å²) in [4.78, 5) is 13.6. The van der Waals surface area contributed by atoms with Crippen molar-refractivity contribution < 1.29 is 9.90 Å². The zero-order valence-electron chi connectivity index (χ0n) is 9.58. The number of carbonyl (C=O) groups is 1. The van der Waals surface area contributed by atoms with Gasteiger partial charge in [-0.05, 0) is 12.3 Å². The molecule has 82 valence electrons. The molecule has 1 heterocycles. The topological polar surface area (TPSA) is 40.5 Å². The molecule has 0 aliphatic carbocycles. The van der Waals surface area contributed by atoms with Gasteiger partial charge in [0.15, 0.2) is 0 Å². The molecule has 0 aromatic rings. The summed E-state index contributed by atoms with van der Waals surface area (Å²) in [6, 6.07) is 0.242. The van der Waals surface area contributed by atoms with Gasteiger partial charge >= 0.3 is 0 Å². The average molecular weight is 199 g/mol. The molecule has 1 N–H and O–H groups in total. The normalized spacial score (nSPS) is 25.6. The van der Waals surface area contributed by atoms with Crippen molar-refractivity contribution in [1.29, 1.82) is 0 Å². The second-order valence-electron chi connectivity index (χ2n) is 5.34. The summed E-state index contributed by atoms with van der Waals surface area (Å²) in [6.07, 6.45) is 0.511. The van der Waals surface area contributed by atoms with Gasteiger partial charge in [0.05, 0.1) is 0 Å². The first kappa shape index (κ1) is 11.5. The number of aliphatic hydroxyl groups excluding tert-OH is 1. The summed E-state index contributed by atoms with van der Waals surface area (Å²) in [6.45, 7) is 9.33. The Morgan fingerprint density at radius 2 is 2.14 bits per heavy atom. The number of amides is 1. The lowest BCUT2D eigenvalue weighted by Gasteiger charge is -2.35. The molecule has 1 aliphatic rings. The number of rotatable bonds is 2. The number of nitrogens with zero attached hydrogens (tertiary/aromatic N) is 1. The van der Waals surface area contributed by atoms with Crippen LogP contribution in [-0.4, -0.2) is 35.1 Å². The molecule has 0 spiro atoms. The Labute approximate surface area is 86.1 Å². The highest BCUT2D eigenvalue weighted by Gasteiger charge is 2.36. The highest BCUT2D eigenvalue weighted by atomic mass is 16.3. The second-order valence-corrected chi connectivity index (χ2v) is 5.34. The maximum Gasteiger partial charge on any atom is 0.223 e. The molecule has 0 saturated carbocycles. The number of hydrogen-bond acceptors (Lipinski definition) is 2. The standard InChI is InChI=1S/C11H21NO2/c1-8(11(2,3)4)12-6-9(7-13)5-10(12)14/h8-9,13H,5-7H2,1-4H3. The van der Waals surface area contributed by atoms with Gasteiger partial charge in [-0.2, -0.15) is 0 Å². The Balaban J connectivity index is 2.66. The Morgan fingerprint density at radius 3 is 2.50 bits per heavy atom. The average Bonchev–Trinajstić information content (AvgIpc) is 2.43. The minimum absolute atomic E-state index is 0.111. The molecule has 1 fully saturated rings. The molecule has 1 aliphatic heterocycles. The summed E-state index contributed by atoms with van der Waals surface area (Å²) in [5.74, 6) is 0.332. The van der Waals surface area contributed by atoms with Crippen molar-refractivity contribution in [3.8, 4) is 0 Å². The van der Waals surface area contributed by atoms with Gasteiger partial charge < -0.3 is 10.0 Å². The predicted octanol–water partition coefficient (Wildman–Crippen LogP) is 1.26. The first-order valence-electron chi connectivity index (χ1n) is 5.26. The van der Waals surface area contributed by atoms with Crippen molar-refractivity contribution in [3.63, 3.8) is 0 Å². The number of aliphatic hydroxyl groups is 1. The lowest BCUT2D eigenvalue weighted by Crippen LogP contribution is -2.42. The van der Waals surface area contributed by atoms with E-state index in [1.165, 1.54) is 0 Å². The van der Waals surface area contributed by atoms with Crippen LogP contribution in [0.15, 0.2) is 0 Å². The summed E-state index contributed by atoms with van der Waals surface area (Å²) >= 11 is 0. The van der Waals surface area contributed by atoms with E-state index in [-0.39, 0.29) is 29.9 Å². The van der Waals surface area contributed by atoms with Crippen molar-refractivity contribution >= 4 is 5.91 Å². The van der Waals surface area contributed by atoms with Gasteiger partial charge in [0.25, 0.3) is 0 Å². The van der Waals surface area contributed by atoms with Crippen molar-refractivity contribution in [1.82, 2.24) is 4.90 Å². The third-order valence-corrected chi connectivity index (χ3v) is 3.22. The van der Waals surface area contributed by atoms with Crippen LogP contribution in [0.25, 0.3) is 0 Å². The monoisotopic (exact) mass is 199 g/mol. The third kappa shape index (κ3) is 2.27. The van der Waals surface area contributed by atoms with Crippen LogP contribution in [0, 0.1) is 11.3 Å². The van der Waals surface area contributed by atoms with Gasteiger partial charge in [0, 0.05) is 31.5 Å². The molecule has 3 nitrogen and oxygen atoms in total. The first-order valence-corrected chi connectivity index (χ1v) is 5.26. The molecular weight excluding hydrogens is 178 g/mol. The van der Waals surface area contributed by atoms with E-state index in [2.05, 4.69) is 27.7 Å². The van der Waals surface area contributed by atoms with Gasteiger partial charge in [-0.25, -0.2) is 0 Å². The number of hydrogen-bond donors (Lipinski definition) is 1. The maximum absolute atomic E-state index is 11.6. The summed E-state index contributed by atoms with van der Waals surface area (Å²) in [5, 5.41) is 9.01. The molecule has 3 heteroatoms. The predicted molar refractivity (Wildman–Crippen MR) is 55.8 cm³/mol. The molecule has 2 unspecified atom stereocenters. The Kier molecular flexibility index (Phi) is 3.20. The summed E-state index contributed by atoms with van der Waals surface area (Å²) < 4.78 is 0. The zero-order chi connectivity index (χ0) is 10.9. The van der Waals surface area contributed by atoms with Crippen molar-refractivity contribution in [2.75, 3.05) is 13.2 Å². The van der Waals surface area contributed by atoms with Crippen LogP contribution in [-0.2, 0) is 4.79 Å². The van der Waals surface area contributed by atoms with Crippen LogP contribution >= 0.6 is 0 Å². The largest absolute Gasteiger partial charge is 0.396 e. The highest BCUT2D eigenvalue weighted by Crippen LogP contribution is 2.29. The van der Waals surface area contributed by atoms with E-state index in [4.69, 9.17) is 5.11 Å². The van der Waals surface area contributed by atoms with Crippen molar-refractivity contribution in [2.24, 2.45) is 11.3 Å². The van der Waals surface area contributed by atoms with Crippen molar-refractivity contribution in [3.05, 3.63) is 0 Å². The van der Waals surface area contributed by atoms with Crippen molar-refractivity contribution in [2.45, 2.75) is 40.2 Å². The molecule has 1 rings (SSSR count). The smallest absolute Gasteiger partial charge is 0.223 e. The van der Waals surface area contributed by atoms with Gasteiger partial charge in [0.1, 0.15) is 0 Å². The first-order chi connectivity index (χ1) is 6.36. The van der Waals surface area contributed by atoms with Crippen LogP contribution in [0.1, 0.15) is 34.1 Å². The summed E-state index contributed by atoms with van der Waals surface area (Å²) in [5.41, 5.74) is 0.111. The van der Waals surface area contributed by atoms with Crippen LogP contribution in [0.4, 0.5) is 0 Å². The van der Waals surface area contributed by atoms with Gasteiger partial charge in [0.2, 0.25) is 5.91 Å². The quantitative estimate of drug-likeness (QED) is 0.727. The lowest BCUT2D eigenvalue weighted by atomic mass is 9.87.